The standard InChI is InChI=1S/C13H20N2O3/c1-10-9-18-13(14-10)15(7-8-17-2)12(16)11-5-3-4-6-11/h9,11H,3-8H2,1-2H3. The largest absolute Gasteiger partial charge is 0.431 e. The highest BCUT2D eigenvalue weighted by atomic mass is 16.5. The van der Waals surface area contributed by atoms with E-state index in [-0.39, 0.29) is 11.8 Å². The molecule has 0 spiro atoms. The van der Waals surface area contributed by atoms with Gasteiger partial charge in [-0.05, 0) is 19.8 Å². The van der Waals surface area contributed by atoms with E-state index in [9.17, 15) is 4.79 Å². The van der Waals surface area contributed by atoms with Gasteiger partial charge in [0.25, 0.3) is 0 Å². The quantitative estimate of drug-likeness (QED) is 0.805. The molecule has 1 saturated carbocycles. The van der Waals surface area contributed by atoms with Gasteiger partial charge in [-0.25, -0.2) is 0 Å². The van der Waals surface area contributed by atoms with Crippen LogP contribution in [0.3, 0.4) is 0 Å². The summed E-state index contributed by atoms with van der Waals surface area (Å²) in [6.45, 7) is 2.83. The van der Waals surface area contributed by atoms with Crippen molar-refractivity contribution in [2.75, 3.05) is 25.2 Å². The molecule has 18 heavy (non-hydrogen) atoms. The molecule has 0 saturated heterocycles. The summed E-state index contributed by atoms with van der Waals surface area (Å²) in [5, 5.41) is 0. The van der Waals surface area contributed by atoms with Crippen LogP contribution < -0.4 is 4.90 Å². The molecule has 0 aromatic carbocycles. The van der Waals surface area contributed by atoms with Gasteiger partial charge in [0.1, 0.15) is 6.26 Å². The van der Waals surface area contributed by atoms with Crippen molar-refractivity contribution >= 4 is 11.9 Å². The second-order valence-corrected chi connectivity index (χ2v) is 4.74. The van der Waals surface area contributed by atoms with E-state index >= 15 is 0 Å². The van der Waals surface area contributed by atoms with Crippen molar-refractivity contribution in [3.8, 4) is 0 Å². The van der Waals surface area contributed by atoms with Gasteiger partial charge >= 0.3 is 6.01 Å². The van der Waals surface area contributed by atoms with Gasteiger partial charge in [-0.15, -0.1) is 0 Å². The molecule has 0 unspecified atom stereocenters. The van der Waals surface area contributed by atoms with Gasteiger partial charge in [-0.2, -0.15) is 4.98 Å². The lowest BCUT2D eigenvalue weighted by Crippen LogP contribution is -2.38. The molecule has 1 heterocycles. The van der Waals surface area contributed by atoms with Crippen LogP contribution in [0.15, 0.2) is 10.7 Å². The smallest absolute Gasteiger partial charge is 0.304 e. The van der Waals surface area contributed by atoms with Crippen LogP contribution in [0, 0.1) is 12.8 Å². The summed E-state index contributed by atoms with van der Waals surface area (Å²) in [7, 11) is 1.62. The average molecular weight is 252 g/mol. The molecule has 1 fully saturated rings. The van der Waals surface area contributed by atoms with Crippen molar-refractivity contribution in [2.24, 2.45) is 5.92 Å². The second-order valence-electron chi connectivity index (χ2n) is 4.74. The molecular formula is C13H20N2O3. The SMILES string of the molecule is COCCN(C(=O)C1CCCC1)c1nc(C)co1. The minimum atomic E-state index is 0.117. The number of methoxy groups -OCH3 is 1. The molecule has 1 aliphatic rings. The van der Waals surface area contributed by atoms with Gasteiger partial charge in [0, 0.05) is 13.0 Å². The van der Waals surface area contributed by atoms with Gasteiger partial charge in [0.2, 0.25) is 5.91 Å². The summed E-state index contributed by atoms with van der Waals surface area (Å²) in [4.78, 5) is 18.3. The summed E-state index contributed by atoms with van der Waals surface area (Å²) in [5.41, 5.74) is 0.784. The lowest BCUT2D eigenvalue weighted by Gasteiger charge is -2.21. The number of anilines is 1. The number of carbonyl (C=O) groups excluding carboxylic acids is 1. The van der Waals surface area contributed by atoms with E-state index in [4.69, 9.17) is 9.15 Å². The number of oxazole rings is 1. The van der Waals surface area contributed by atoms with Gasteiger partial charge in [0.15, 0.2) is 0 Å². The van der Waals surface area contributed by atoms with E-state index in [0.29, 0.717) is 19.2 Å². The summed E-state index contributed by atoms with van der Waals surface area (Å²) >= 11 is 0. The number of nitrogens with zero attached hydrogens (tertiary/aromatic N) is 2. The molecule has 1 aromatic heterocycles. The third kappa shape index (κ3) is 2.90. The molecule has 0 N–H and O–H groups in total. The monoisotopic (exact) mass is 252 g/mol. The molecule has 0 radical (unpaired) electrons. The molecular weight excluding hydrogens is 232 g/mol. The molecule has 0 bridgehead atoms. The molecule has 1 aromatic rings. The minimum Gasteiger partial charge on any atom is -0.431 e. The first-order chi connectivity index (χ1) is 8.72. The maximum absolute atomic E-state index is 12.4. The highest BCUT2D eigenvalue weighted by molar-refractivity contribution is 5.93. The van der Waals surface area contributed by atoms with E-state index in [1.807, 2.05) is 6.92 Å². The van der Waals surface area contributed by atoms with Crippen LogP contribution in [-0.4, -0.2) is 31.2 Å². The van der Waals surface area contributed by atoms with E-state index < -0.39 is 0 Å². The first kappa shape index (κ1) is 13.1. The number of aromatic nitrogens is 1. The third-order valence-corrected chi connectivity index (χ3v) is 3.33. The van der Waals surface area contributed by atoms with Crippen LogP contribution in [0.2, 0.25) is 0 Å². The average Bonchev–Trinajstić information content (AvgIpc) is 3.00. The van der Waals surface area contributed by atoms with Crippen molar-refractivity contribution in [3.63, 3.8) is 0 Å². The second kappa shape index (κ2) is 6.00. The van der Waals surface area contributed by atoms with Crippen molar-refractivity contribution in [3.05, 3.63) is 12.0 Å². The molecule has 2 rings (SSSR count). The van der Waals surface area contributed by atoms with Crippen LogP contribution in [0.4, 0.5) is 6.01 Å². The summed E-state index contributed by atoms with van der Waals surface area (Å²) < 4.78 is 10.4. The Morgan fingerprint density at radius 1 is 1.56 bits per heavy atom. The topological polar surface area (TPSA) is 55.6 Å². The Balaban J connectivity index is 2.10. The lowest BCUT2D eigenvalue weighted by molar-refractivity contribution is -0.122. The molecule has 0 aliphatic heterocycles. The highest BCUT2D eigenvalue weighted by Gasteiger charge is 2.30. The maximum atomic E-state index is 12.4. The Morgan fingerprint density at radius 3 is 2.83 bits per heavy atom. The maximum Gasteiger partial charge on any atom is 0.304 e. The van der Waals surface area contributed by atoms with Gasteiger partial charge in [-0.1, -0.05) is 12.8 Å². The zero-order chi connectivity index (χ0) is 13.0. The van der Waals surface area contributed by atoms with Crippen molar-refractivity contribution < 1.29 is 13.9 Å². The number of hydrogen-bond donors (Lipinski definition) is 0. The van der Waals surface area contributed by atoms with E-state index in [0.717, 1.165) is 31.4 Å². The predicted molar refractivity (Wildman–Crippen MR) is 67.4 cm³/mol. The van der Waals surface area contributed by atoms with Crippen molar-refractivity contribution in [1.29, 1.82) is 0 Å². The molecule has 1 amide bonds. The summed E-state index contributed by atoms with van der Waals surface area (Å²) in [5.74, 6) is 0.237. The van der Waals surface area contributed by atoms with Crippen LogP contribution in [0.25, 0.3) is 0 Å². The number of ether oxygens (including phenoxy) is 1. The molecule has 100 valence electrons. The Morgan fingerprint density at radius 2 is 2.28 bits per heavy atom. The highest BCUT2D eigenvalue weighted by Crippen LogP contribution is 2.28. The molecule has 5 nitrogen and oxygen atoms in total. The fraction of sp³-hybridized carbons (Fsp3) is 0.692. The summed E-state index contributed by atoms with van der Waals surface area (Å²) in [6.07, 6.45) is 5.79. The fourth-order valence-electron chi connectivity index (χ4n) is 2.34. The van der Waals surface area contributed by atoms with E-state index in [1.165, 1.54) is 0 Å². The van der Waals surface area contributed by atoms with Crippen molar-refractivity contribution in [1.82, 2.24) is 4.98 Å². The Hall–Kier alpha value is -1.36. The fourth-order valence-corrected chi connectivity index (χ4v) is 2.34. The lowest BCUT2D eigenvalue weighted by atomic mass is 10.1. The number of rotatable bonds is 5. The molecule has 5 heteroatoms. The Bertz CT molecular complexity index is 397. The number of aryl methyl sites for hydroxylation is 1. The molecule has 0 atom stereocenters. The minimum absolute atomic E-state index is 0.117. The number of carbonyl (C=O) groups is 1. The zero-order valence-corrected chi connectivity index (χ0v) is 11.0. The van der Waals surface area contributed by atoms with Crippen LogP contribution >= 0.6 is 0 Å². The molecule has 1 aliphatic carbocycles. The van der Waals surface area contributed by atoms with Gasteiger partial charge < -0.3 is 9.15 Å². The van der Waals surface area contributed by atoms with E-state index in [2.05, 4.69) is 4.98 Å². The Kier molecular flexibility index (Phi) is 4.36. The van der Waals surface area contributed by atoms with Gasteiger partial charge in [-0.3, -0.25) is 9.69 Å². The van der Waals surface area contributed by atoms with Crippen LogP contribution in [0.5, 0.6) is 0 Å². The first-order valence-electron chi connectivity index (χ1n) is 6.45. The summed E-state index contributed by atoms with van der Waals surface area (Å²) in [6, 6.07) is 0.390. The normalized spacial score (nSPS) is 16.1. The number of amides is 1. The predicted octanol–water partition coefficient (Wildman–Crippen LogP) is 2.15. The third-order valence-electron chi connectivity index (χ3n) is 3.33. The van der Waals surface area contributed by atoms with Crippen LogP contribution in [0.1, 0.15) is 31.4 Å². The van der Waals surface area contributed by atoms with Gasteiger partial charge in [0.05, 0.1) is 18.8 Å². The zero-order valence-electron chi connectivity index (χ0n) is 11.0. The number of hydrogen-bond acceptors (Lipinski definition) is 4. The Labute approximate surface area is 107 Å². The first-order valence-corrected chi connectivity index (χ1v) is 6.45. The van der Waals surface area contributed by atoms with Crippen molar-refractivity contribution in [2.45, 2.75) is 32.6 Å². The van der Waals surface area contributed by atoms with E-state index in [1.54, 1.807) is 18.3 Å². The van der Waals surface area contributed by atoms with Crippen LogP contribution in [-0.2, 0) is 9.53 Å².